The molecule has 1 aromatic heterocycles. The van der Waals surface area contributed by atoms with Crippen LogP contribution in [0.2, 0.25) is 0 Å². The predicted molar refractivity (Wildman–Crippen MR) is 157 cm³/mol. The Labute approximate surface area is 234 Å². The summed E-state index contributed by atoms with van der Waals surface area (Å²) in [5, 5.41) is 11.9. The lowest BCUT2D eigenvalue weighted by Crippen LogP contribution is -2.44. The largest absolute Gasteiger partial charge is 0.497 e. The maximum Gasteiger partial charge on any atom is 0.235 e. The number of ether oxygens (including phenoxy) is 2. The van der Waals surface area contributed by atoms with Crippen molar-refractivity contribution in [2.24, 2.45) is 0 Å². The van der Waals surface area contributed by atoms with E-state index in [0.29, 0.717) is 0 Å². The highest BCUT2D eigenvalue weighted by Gasteiger charge is 2.65. The number of anilines is 1. The van der Waals surface area contributed by atoms with Crippen LogP contribution < -0.4 is 10.1 Å². The van der Waals surface area contributed by atoms with Crippen molar-refractivity contribution in [3.8, 4) is 5.75 Å². The third kappa shape index (κ3) is 4.30. The number of nitrogens with zero attached hydrogens (tertiary/aromatic N) is 2. The summed E-state index contributed by atoms with van der Waals surface area (Å²) >= 11 is 0. The minimum absolute atomic E-state index is 0.0779. The van der Waals surface area contributed by atoms with Crippen molar-refractivity contribution in [3.05, 3.63) is 88.6 Å². The number of methoxy groups -OCH3 is 1. The minimum Gasteiger partial charge on any atom is -0.497 e. The molecule has 1 amide bonds. The fraction of sp³-hybridized carbons (Fsp3) is 0.333. The van der Waals surface area contributed by atoms with Crippen molar-refractivity contribution < 1.29 is 14.3 Å². The minimum atomic E-state index is -0.509. The van der Waals surface area contributed by atoms with E-state index >= 15 is 0 Å². The number of carbonyl (C=O) groups is 1. The highest BCUT2D eigenvalue weighted by atomic mass is 16.5. The van der Waals surface area contributed by atoms with Gasteiger partial charge in [-0.05, 0) is 72.9 Å². The maximum atomic E-state index is 13.0. The van der Waals surface area contributed by atoms with Gasteiger partial charge in [0.15, 0.2) is 0 Å². The van der Waals surface area contributed by atoms with Crippen LogP contribution in [0.15, 0.2) is 60.7 Å². The second-order valence-electron chi connectivity index (χ2n) is 11.5. The Kier molecular flexibility index (Phi) is 6.02. The zero-order chi connectivity index (χ0) is 27.4. The van der Waals surface area contributed by atoms with Crippen LogP contribution in [0.4, 0.5) is 5.69 Å². The molecule has 7 nitrogen and oxygen atoms in total. The molecule has 0 bridgehead atoms. The molecule has 40 heavy (non-hydrogen) atoms. The first-order valence-corrected chi connectivity index (χ1v) is 14.1. The lowest BCUT2D eigenvalue weighted by atomic mass is 9.91. The Hall–Kier alpha value is -3.94. The average Bonchev–Trinajstić information content (AvgIpc) is 3.48. The van der Waals surface area contributed by atoms with Gasteiger partial charge in [0.05, 0.1) is 35.9 Å². The fourth-order valence-electron chi connectivity index (χ4n) is 6.68. The Morgan fingerprint density at radius 1 is 1.05 bits per heavy atom. The normalized spacial score (nSPS) is 26.0. The lowest BCUT2D eigenvalue weighted by Gasteiger charge is -2.35. The van der Waals surface area contributed by atoms with Gasteiger partial charge < -0.3 is 14.8 Å². The molecule has 3 aromatic carbocycles. The van der Waals surface area contributed by atoms with Gasteiger partial charge in [-0.3, -0.25) is 14.8 Å². The summed E-state index contributed by atoms with van der Waals surface area (Å²) in [4.78, 5) is 15.5. The number of aromatic amines is 1. The zero-order valence-corrected chi connectivity index (χ0v) is 23.1. The number of carbonyl (C=O) groups excluding carboxylic acids is 1. The van der Waals surface area contributed by atoms with Gasteiger partial charge >= 0.3 is 0 Å². The summed E-state index contributed by atoms with van der Waals surface area (Å²) < 4.78 is 11.3. The first kappa shape index (κ1) is 25.1. The highest BCUT2D eigenvalue weighted by molar-refractivity contribution is 6.10. The molecule has 2 N–H and O–H groups in total. The Morgan fingerprint density at radius 3 is 2.62 bits per heavy atom. The summed E-state index contributed by atoms with van der Waals surface area (Å²) in [5.41, 5.74) is 6.90. The molecule has 1 saturated carbocycles. The van der Waals surface area contributed by atoms with E-state index in [-0.39, 0.29) is 24.0 Å². The van der Waals surface area contributed by atoms with Crippen LogP contribution in [0.5, 0.6) is 5.75 Å². The van der Waals surface area contributed by atoms with Crippen molar-refractivity contribution >= 4 is 34.6 Å². The molecule has 4 atom stereocenters. The monoisotopic (exact) mass is 534 g/mol. The van der Waals surface area contributed by atoms with Crippen LogP contribution in [0, 0.1) is 0 Å². The van der Waals surface area contributed by atoms with E-state index in [1.807, 2.05) is 18.2 Å². The second kappa shape index (κ2) is 9.61. The lowest BCUT2D eigenvalue weighted by molar-refractivity contribution is -0.118. The Bertz CT molecular complexity index is 1610. The summed E-state index contributed by atoms with van der Waals surface area (Å²) in [6.07, 6.45) is 5.52. The van der Waals surface area contributed by atoms with Gasteiger partial charge in [0, 0.05) is 36.6 Å². The SMILES string of the molecule is COc1ccc2c(c1)C1(CC1c1ccc3c(C=Cc4ccc(CN5CC(C)OC(C)C5)cc4)n[nH]c3c1)C(=O)N2. The molecule has 0 radical (unpaired) electrons. The van der Waals surface area contributed by atoms with Crippen LogP contribution in [0.3, 0.4) is 0 Å². The van der Waals surface area contributed by atoms with E-state index in [1.165, 1.54) is 5.56 Å². The molecule has 2 fully saturated rings. The molecule has 1 aliphatic carbocycles. The number of H-pyrrole nitrogens is 1. The molecule has 1 spiro atoms. The smallest absolute Gasteiger partial charge is 0.235 e. The Morgan fingerprint density at radius 2 is 1.85 bits per heavy atom. The van der Waals surface area contributed by atoms with Gasteiger partial charge in [-0.25, -0.2) is 0 Å². The van der Waals surface area contributed by atoms with E-state index < -0.39 is 5.41 Å². The topological polar surface area (TPSA) is 79.5 Å². The number of amides is 1. The van der Waals surface area contributed by atoms with E-state index in [0.717, 1.165) is 70.8 Å². The standard InChI is InChI=1S/C33H34N4O3/c1-20-17-37(18-21(2)40-20)19-23-6-4-22(5-7-23)8-12-29-26-11-9-24(14-31(26)36-35-29)28-16-33(28)27-15-25(39-3)10-13-30(27)34-32(33)38/h4-15,20-21,28H,16-19H2,1-3H3,(H,34,38)(H,35,36). The zero-order valence-electron chi connectivity index (χ0n) is 23.1. The van der Waals surface area contributed by atoms with Gasteiger partial charge in [0.1, 0.15) is 5.75 Å². The molecule has 204 valence electrons. The molecule has 4 unspecified atom stereocenters. The van der Waals surface area contributed by atoms with Crippen LogP contribution in [-0.4, -0.2) is 53.4 Å². The number of benzene rings is 3. The molecule has 4 aromatic rings. The number of morpholine rings is 1. The highest BCUT2D eigenvalue weighted by Crippen LogP contribution is 2.65. The van der Waals surface area contributed by atoms with Gasteiger partial charge in [-0.15, -0.1) is 0 Å². The summed E-state index contributed by atoms with van der Waals surface area (Å²) in [5.74, 6) is 0.987. The van der Waals surface area contributed by atoms with Gasteiger partial charge in [-0.2, -0.15) is 5.10 Å². The number of hydrogen-bond donors (Lipinski definition) is 2. The third-order valence-electron chi connectivity index (χ3n) is 8.66. The van der Waals surface area contributed by atoms with Gasteiger partial charge in [0.25, 0.3) is 0 Å². The fourth-order valence-corrected chi connectivity index (χ4v) is 6.68. The molecule has 7 heteroatoms. The van der Waals surface area contributed by atoms with Crippen molar-refractivity contribution in [1.82, 2.24) is 15.1 Å². The summed E-state index contributed by atoms with van der Waals surface area (Å²) in [7, 11) is 1.66. The number of aromatic nitrogens is 2. The quantitative estimate of drug-likeness (QED) is 0.330. The number of hydrogen-bond acceptors (Lipinski definition) is 5. The van der Waals surface area contributed by atoms with Crippen molar-refractivity contribution in [1.29, 1.82) is 0 Å². The number of nitrogens with one attached hydrogen (secondary N) is 2. The van der Waals surface area contributed by atoms with E-state index in [9.17, 15) is 4.79 Å². The van der Waals surface area contributed by atoms with Gasteiger partial charge in [-0.1, -0.05) is 42.5 Å². The summed E-state index contributed by atoms with van der Waals surface area (Å²) in [6, 6.07) is 21.0. The van der Waals surface area contributed by atoms with Crippen LogP contribution >= 0.6 is 0 Å². The average molecular weight is 535 g/mol. The van der Waals surface area contributed by atoms with E-state index in [4.69, 9.17) is 9.47 Å². The van der Waals surface area contributed by atoms with E-state index in [1.54, 1.807) is 7.11 Å². The molecule has 7 rings (SSSR count). The number of rotatable bonds is 6. The Balaban J connectivity index is 1.06. The predicted octanol–water partition coefficient (Wildman–Crippen LogP) is 5.73. The van der Waals surface area contributed by atoms with Crippen LogP contribution in [-0.2, 0) is 21.5 Å². The maximum absolute atomic E-state index is 13.0. The van der Waals surface area contributed by atoms with Crippen molar-refractivity contribution in [2.45, 2.75) is 50.4 Å². The number of fused-ring (bicyclic) bond motifs is 3. The van der Waals surface area contributed by atoms with Crippen molar-refractivity contribution in [2.75, 3.05) is 25.5 Å². The third-order valence-corrected chi connectivity index (χ3v) is 8.66. The van der Waals surface area contributed by atoms with E-state index in [2.05, 4.69) is 88.9 Å². The second-order valence-corrected chi connectivity index (χ2v) is 11.5. The molecule has 2 aliphatic heterocycles. The molecule has 3 aliphatic rings. The van der Waals surface area contributed by atoms with Gasteiger partial charge in [0.2, 0.25) is 5.91 Å². The molecule has 3 heterocycles. The first-order chi connectivity index (χ1) is 19.4. The first-order valence-electron chi connectivity index (χ1n) is 14.1. The molecule has 1 saturated heterocycles. The van der Waals surface area contributed by atoms with Crippen LogP contribution in [0.25, 0.3) is 23.1 Å². The van der Waals surface area contributed by atoms with Crippen molar-refractivity contribution in [3.63, 3.8) is 0 Å². The molecular weight excluding hydrogens is 500 g/mol. The molecular formula is C33H34N4O3. The van der Waals surface area contributed by atoms with Crippen LogP contribution in [0.1, 0.15) is 54.1 Å². The summed E-state index contributed by atoms with van der Waals surface area (Å²) in [6.45, 7) is 7.16.